The van der Waals surface area contributed by atoms with E-state index in [-0.39, 0.29) is 0 Å². The second-order valence-electron chi connectivity index (χ2n) is 3.25. The zero-order chi connectivity index (χ0) is 10.4. The minimum atomic E-state index is 0.651. The minimum Gasteiger partial charge on any atom is -0.380 e. The van der Waals surface area contributed by atoms with Crippen LogP contribution in [0.15, 0.2) is 22.7 Å². The number of benzene rings is 1. The summed E-state index contributed by atoms with van der Waals surface area (Å²) < 4.78 is 6.20. The van der Waals surface area contributed by atoms with E-state index < -0.39 is 0 Å². The first kappa shape index (κ1) is 11.7. The molecule has 0 saturated carbocycles. The first-order chi connectivity index (χ1) is 6.77. The molecule has 0 fully saturated rings. The smallest absolute Gasteiger partial charge is 0.0724 e. The van der Waals surface area contributed by atoms with Crippen molar-refractivity contribution < 1.29 is 4.74 Å². The summed E-state index contributed by atoms with van der Waals surface area (Å²) in [6, 6.07) is 6.37. The molecule has 0 heterocycles. The molecule has 1 aromatic carbocycles. The molecule has 2 N–H and O–H groups in total. The van der Waals surface area contributed by atoms with Gasteiger partial charge in [-0.3, -0.25) is 0 Å². The predicted octanol–water partition coefficient (Wildman–Crippen LogP) is 2.49. The molecule has 1 rings (SSSR count). The van der Waals surface area contributed by atoms with Crippen LogP contribution in [0.5, 0.6) is 0 Å². The molecule has 0 amide bonds. The van der Waals surface area contributed by atoms with E-state index in [4.69, 9.17) is 10.5 Å². The van der Waals surface area contributed by atoms with E-state index in [2.05, 4.69) is 34.1 Å². The van der Waals surface area contributed by atoms with E-state index in [1.165, 1.54) is 11.1 Å². The van der Waals surface area contributed by atoms with Crippen molar-refractivity contribution >= 4 is 15.9 Å². The summed E-state index contributed by atoms with van der Waals surface area (Å²) in [5, 5.41) is 0. The molecule has 0 bridgehead atoms. The van der Waals surface area contributed by atoms with Gasteiger partial charge in [-0.25, -0.2) is 0 Å². The van der Waals surface area contributed by atoms with E-state index in [9.17, 15) is 0 Å². The van der Waals surface area contributed by atoms with Crippen molar-refractivity contribution in [3.63, 3.8) is 0 Å². The summed E-state index contributed by atoms with van der Waals surface area (Å²) in [5.41, 5.74) is 7.97. The van der Waals surface area contributed by atoms with Gasteiger partial charge in [-0.05, 0) is 36.6 Å². The van der Waals surface area contributed by atoms with Crippen LogP contribution in [-0.2, 0) is 17.8 Å². The maximum absolute atomic E-state index is 5.46. The molecule has 0 aliphatic carbocycles. The lowest BCUT2D eigenvalue weighted by atomic mass is 10.1. The molecule has 1 aromatic rings. The van der Waals surface area contributed by atoms with Crippen LogP contribution in [0.4, 0.5) is 0 Å². The molecule has 78 valence electrons. The van der Waals surface area contributed by atoms with Crippen molar-refractivity contribution in [2.75, 3.05) is 13.7 Å². The zero-order valence-corrected chi connectivity index (χ0v) is 10.0. The third-order valence-electron chi connectivity index (χ3n) is 2.09. The largest absolute Gasteiger partial charge is 0.380 e. The highest BCUT2D eigenvalue weighted by Gasteiger charge is 2.00. The van der Waals surface area contributed by atoms with E-state index >= 15 is 0 Å². The highest BCUT2D eigenvalue weighted by atomic mass is 79.9. The van der Waals surface area contributed by atoms with Crippen LogP contribution in [0.25, 0.3) is 0 Å². The zero-order valence-electron chi connectivity index (χ0n) is 8.42. The first-order valence-electron chi connectivity index (χ1n) is 4.74. The average Bonchev–Trinajstić information content (AvgIpc) is 2.19. The Balaban J connectivity index is 2.68. The highest BCUT2D eigenvalue weighted by molar-refractivity contribution is 9.10. The number of aryl methyl sites for hydroxylation is 1. The normalized spacial score (nSPS) is 10.5. The number of hydrogen-bond donors (Lipinski definition) is 1. The first-order valence-corrected chi connectivity index (χ1v) is 5.53. The fourth-order valence-electron chi connectivity index (χ4n) is 1.33. The van der Waals surface area contributed by atoms with Gasteiger partial charge in [0, 0.05) is 11.6 Å². The SMILES string of the molecule is COCc1ccc(CCCN)cc1Br. The van der Waals surface area contributed by atoms with Crippen molar-refractivity contribution in [1.82, 2.24) is 0 Å². The number of hydrogen-bond acceptors (Lipinski definition) is 2. The Kier molecular flexibility index (Phi) is 5.15. The quantitative estimate of drug-likeness (QED) is 0.880. The van der Waals surface area contributed by atoms with Gasteiger partial charge in [0.15, 0.2) is 0 Å². The second-order valence-corrected chi connectivity index (χ2v) is 4.11. The maximum Gasteiger partial charge on any atom is 0.0724 e. The van der Waals surface area contributed by atoms with Gasteiger partial charge in [0.25, 0.3) is 0 Å². The number of halogens is 1. The highest BCUT2D eigenvalue weighted by Crippen LogP contribution is 2.20. The lowest BCUT2D eigenvalue weighted by Gasteiger charge is -2.06. The number of nitrogens with two attached hydrogens (primary N) is 1. The molecular formula is C11H16BrNO. The number of methoxy groups -OCH3 is 1. The van der Waals surface area contributed by atoms with Crippen LogP contribution in [0.2, 0.25) is 0 Å². The summed E-state index contributed by atoms with van der Waals surface area (Å²) in [4.78, 5) is 0. The van der Waals surface area contributed by atoms with Gasteiger partial charge in [0.05, 0.1) is 6.61 Å². The molecule has 0 radical (unpaired) electrons. The van der Waals surface area contributed by atoms with Gasteiger partial charge < -0.3 is 10.5 Å². The Morgan fingerprint density at radius 2 is 2.21 bits per heavy atom. The summed E-state index contributed by atoms with van der Waals surface area (Å²) in [5.74, 6) is 0. The number of ether oxygens (including phenoxy) is 1. The minimum absolute atomic E-state index is 0.651. The summed E-state index contributed by atoms with van der Waals surface area (Å²) in [6.07, 6.45) is 2.08. The molecule has 0 atom stereocenters. The number of rotatable bonds is 5. The van der Waals surface area contributed by atoms with Crippen molar-refractivity contribution in [2.24, 2.45) is 5.73 Å². The monoisotopic (exact) mass is 257 g/mol. The van der Waals surface area contributed by atoms with Crippen LogP contribution in [0, 0.1) is 0 Å². The molecule has 0 aromatic heterocycles. The predicted molar refractivity (Wildman–Crippen MR) is 62.2 cm³/mol. The lowest BCUT2D eigenvalue weighted by molar-refractivity contribution is 0.184. The van der Waals surface area contributed by atoms with Gasteiger partial charge in [-0.2, -0.15) is 0 Å². The third-order valence-corrected chi connectivity index (χ3v) is 2.83. The van der Waals surface area contributed by atoms with E-state index in [1.807, 2.05) is 0 Å². The van der Waals surface area contributed by atoms with Gasteiger partial charge in [0.2, 0.25) is 0 Å². The fraction of sp³-hybridized carbons (Fsp3) is 0.455. The molecule has 0 spiro atoms. The molecule has 14 heavy (non-hydrogen) atoms. The Bertz CT molecular complexity index is 289. The van der Waals surface area contributed by atoms with Crippen molar-refractivity contribution in [1.29, 1.82) is 0 Å². The Morgan fingerprint density at radius 1 is 1.43 bits per heavy atom. The Hall–Kier alpha value is -0.380. The van der Waals surface area contributed by atoms with Crippen LogP contribution in [0.3, 0.4) is 0 Å². The Morgan fingerprint density at radius 3 is 2.79 bits per heavy atom. The topological polar surface area (TPSA) is 35.2 Å². The summed E-state index contributed by atoms with van der Waals surface area (Å²) in [7, 11) is 1.70. The Labute approximate surface area is 93.6 Å². The van der Waals surface area contributed by atoms with E-state index in [1.54, 1.807) is 7.11 Å². The fourth-order valence-corrected chi connectivity index (χ4v) is 1.87. The van der Waals surface area contributed by atoms with Gasteiger partial charge in [0.1, 0.15) is 0 Å². The van der Waals surface area contributed by atoms with Crippen molar-refractivity contribution in [3.8, 4) is 0 Å². The molecule has 3 heteroatoms. The molecule has 0 saturated heterocycles. The maximum atomic E-state index is 5.46. The van der Waals surface area contributed by atoms with Crippen LogP contribution in [0.1, 0.15) is 17.5 Å². The third kappa shape index (κ3) is 3.40. The molecule has 0 aliphatic rings. The van der Waals surface area contributed by atoms with Gasteiger partial charge in [-0.1, -0.05) is 28.1 Å². The standard InChI is InChI=1S/C11H16BrNO/c1-14-8-10-5-4-9(3-2-6-13)7-11(10)12/h4-5,7H,2-3,6,8,13H2,1H3. The van der Waals surface area contributed by atoms with Crippen molar-refractivity contribution in [3.05, 3.63) is 33.8 Å². The summed E-state index contributed by atoms with van der Waals surface area (Å²) in [6.45, 7) is 1.40. The van der Waals surface area contributed by atoms with Gasteiger partial charge in [-0.15, -0.1) is 0 Å². The summed E-state index contributed by atoms with van der Waals surface area (Å²) >= 11 is 3.53. The van der Waals surface area contributed by atoms with Crippen LogP contribution >= 0.6 is 15.9 Å². The molecule has 0 unspecified atom stereocenters. The average molecular weight is 258 g/mol. The van der Waals surface area contributed by atoms with Crippen LogP contribution < -0.4 is 5.73 Å². The molecule has 2 nitrogen and oxygen atoms in total. The van der Waals surface area contributed by atoms with E-state index in [0.29, 0.717) is 6.61 Å². The van der Waals surface area contributed by atoms with Crippen LogP contribution in [-0.4, -0.2) is 13.7 Å². The van der Waals surface area contributed by atoms with E-state index in [0.717, 1.165) is 23.9 Å². The van der Waals surface area contributed by atoms with Crippen molar-refractivity contribution in [2.45, 2.75) is 19.4 Å². The lowest BCUT2D eigenvalue weighted by Crippen LogP contribution is -2.00. The molecular weight excluding hydrogens is 242 g/mol. The molecule has 0 aliphatic heterocycles. The second kappa shape index (κ2) is 6.17. The van der Waals surface area contributed by atoms with Gasteiger partial charge >= 0.3 is 0 Å².